The van der Waals surface area contributed by atoms with Crippen molar-refractivity contribution in [1.82, 2.24) is 4.98 Å². The number of anilines is 1. The third-order valence-corrected chi connectivity index (χ3v) is 3.36. The maximum atomic E-state index is 6.21. The molecule has 1 fully saturated rings. The lowest BCUT2D eigenvalue weighted by atomic mass is 10.3. The molecule has 1 aliphatic carbocycles. The van der Waals surface area contributed by atoms with Crippen molar-refractivity contribution in [1.29, 1.82) is 0 Å². The van der Waals surface area contributed by atoms with Crippen molar-refractivity contribution in [2.45, 2.75) is 25.3 Å². The molecule has 1 heterocycles. The quantitative estimate of drug-likeness (QED) is 0.909. The number of hydrogen-bond acceptors (Lipinski definition) is 3. The van der Waals surface area contributed by atoms with Crippen molar-refractivity contribution in [3.8, 4) is 0 Å². The number of nitrogens with zero attached hydrogens (tertiary/aromatic N) is 2. The zero-order valence-electron chi connectivity index (χ0n) is 9.00. The van der Waals surface area contributed by atoms with Gasteiger partial charge in [-0.15, -0.1) is 0 Å². The molecule has 0 spiro atoms. The molecule has 0 amide bonds. The van der Waals surface area contributed by atoms with Crippen molar-refractivity contribution < 1.29 is 0 Å². The number of halogens is 2. The van der Waals surface area contributed by atoms with E-state index in [-0.39, 0.29) is 0 Å². The van der Waals surface area contributed by atoms with Gasteiger partial charge < -0.3 is 10.6 Å². The van der Waals surface area contributed by atoms with Gasteiger partial charge in [-0.05, 0) is 47.8 Å². The Morgan fingerprint density at radius 1 is 1.56 bits per heavy atom. The Balaban J connectivity index is 2.17. The fraction of sp³-hybridized carbons (Fsp3) is 0.545. The molecule has 0 aromatic carbocycles. The summed E-state index contributed by atoms with van der Waals surface area (Å²) in [6, 6.07) is 2.50. The molecular formula is C11H15BrClN3. The average Bonchev–Trinajstić information content (AvgIpc) is 3.05. The van der Waals surface area contributed by atoms with Crippen LogP contribution in [0.4, 0.5) is 5.82 Å². The Bertz CT molecular complexity index is 368. The van der Waals surface area contributed by atoms with E-state index in [0.717, 1.165) is 23.3 Å². The topological polar surface area (TPSA) is 42.1 Å². The fourth-order valence-corrected chi connectivity index (χ4v) is 2.47. The van der Waals surface area contributed by atoms with E-state index in [0.29, 0.717) is 17.6 Å². The lowest BCUT2D eigenvalue weighted by Gasteiger charge is -2.24. The Kier molecular flexibility index (Phi) is 4.05. The molecule has 0 unspecified atom stereocenters. The highest BCUT2D eigenvalue weighted by Crippen LogP contribution is 2.35. The standard InChI is InChI=1S/C11H15BrClN3/c12-8-6-10(13)11(15-7-8)16(5-1-4-14)9-2-3-9/h6-7,9H,1-5,14H2. The lowest BCUT2D eigenvalue weighted by Crippen LogP contribution is -2.29. The summed E-state index contributed by atoms with van der Waals surface area (Å²) in [5, 5.41) is 0.707. The van der Waals surface area contributed by atoms with E-state index in [9.17, 15) is 0 Å². The van der Waals surface area contributed by atoms with Gasteiger partial charge in [-0.3, -0.25) is 0 Å². The van der Waals surface area contributed by atoms with Crippen LogP contribution in [-0.4, -0.2) is 24.1 Å². The van der Waals surface area contributed by atoms with Gasteiger partial charge in [0.15, 0.2) is 0 Å². The summed E-state index contributed by atoms with van der Waals surface area (Å²) in [5.41, 5.74) is 5.55. The van der Waals surface area contributed by atoms with Crippen LogP contribution >= 0.6 is 27.5 Å². The summed E-state index contributed by atoms with van der Waals surface area (Å²) in [7, 11) is 0. The summed E-state index contributed by atoms with van der Waals surface area (Å²) < 4.78 is 0.913. The van der Waals surface area contributed by atoms with Crippen LogP contribution in [0, 0.1) is 0 Å². The number of hydrogen-bond donors (Lipinski definition) is 1. The second kappa shape index (κ2) is 5.34. The fourth-order valence-electron chi connectivity index (χ4n) is 1.73. The van der Waals surface area contributed by atoms with Crippen LogP contribution in [0.3, 0.4) is 0 Å². The van der Waals surface area contributed by atoms with E-state index in [2.05, 4.69) is 25.8 Å². The van der Waals surface area contributed by atoms with Gasteiger partial charge in [0.1, 0.15) is 5.82 Å². The maximum Gasteiger partial charge on any atom is 0.147 e. The Morgan fingerprint density at radius 3 is 2.88 bits per heavy atom. The highest BCUT2D eigenvalue weighted by Gasteiger charge is 2.30. The van der Waals surface area contributed by atoms with E-state index in [4.69, 9.17) is 17.3 Å². The Hall–Kier alpha value is -0.320. The molecule has 2 rings (SSSR count). The predicted molar refractivity (Wildman–Crippen MR) is 71.0 cm³/mol. The molecule has 0 aliphatic heterocycles. The predicted octanol–water partition coefficient (Wildman–Crippen LogP) is 2.82. The summed E-state index contributed by atoms with van der Waals surface area (Å²) in [6.07, 6.45) is 5.24. The normalized spacial score (nSPS) is 15.2. The zero-order valence-corrected chi connectivity index (χ0v) is 11.3. The van der Waals surface area contributed by atoms with Crippen molar-refractivity contribution in [2.75, 3.05) is 18.0 Å². The van der Waals surface area contributed by atoms with E-state index in [1.54, 1.807) is 6.20 Å². The first-order chi connectivity index (χ1) is 7.72. The molecule has 16 heavy (non-hydrogen) atoms. The molecule has 0 atom stereocenters. The van der Waals surface area contributed by atoms with Crippen LogP contribution in [0.1, 0.15) is 19.3 Å². The van der Waals surface area contributed by atoms with Gasteiger partial charge in [0.2, 0.25) is 0 Å². The van der Waals surface area contributed by atoms with Gasteiger partial charge in [-0.2, -0.15) is 0 Å². The van der Waals surface area contributed by atoms with E-state index in [1.165, 1.54) is 12.8 Å². The molecule has 88 valence electrons. The molecule has 1 aliphatic rings. The number of nitrogens with two attached hydrogens (primary N) is 1. The molecule has 0 saturated heterocycles. The smallest absolute Gasteiger partial charge is 0.147 e. The average molecular weight is 305 g/mol. The molecular weight excluding hydrogens is 289 g/mol. The van der Waals surface area contributed by atoms with Crippen LogP contribution < -0.4 is 10.6 Å². The third-order valence-electron chi connectivity index (χ3n) is 2.65. The van der Waals surface area contributed by atoms with Crippen LogP contribution in [0.5, 0.6) is 0 Å². The molecule has 5 heteroatoms. The van der Waals surface area contributed by atoms with Gasteiger partial charge in [-0.25, -0.2) is 4.98 Å². The summed E-state index contributed by atoms with van der Waals surface area (Å²) in [5.74, 6) is 0.890. The highest BCUT2D eigenvalue weighted by atomic mass is 79.9. The molecule has 1 saturated carbocycles. The summed E-state index contributed by atoms with van der Waals surface area (Å²) >= 11 is 9.57. The molecule has 3 nitrogen and oxygen atoms in total. The second-order valence-corrected chi connectivity index (χ2v) is 5.35. The minimum atomic E-state index is 0.609. The first kappa shape index (κ1) is 12.1. The first-order valence-electron chi connectivity index (χ1n) is 5.50. The Labute approximate surface area is 109 Å². The van der Waals surface area contributed by atoms with Crippen LogP contribution in [0.25, 0.3) is 0 Å². The first-order valence-corrected chi connectivity index (χ1v) is 6.67. The highest BCUT2D eigenvalue weighted by molar-refractivity contribution is 9.10. The SMILES string of the molecule is NCCCN(c1ncc(Br)cc1Cl)C1CC1. The molecule has 1 aromatic rings. The molecule has 0 radical (unpaired) electrons. The van der Waals surface area contributed by atoms with Gasteiger partial charge in [-0.1, -0.05) is 11.6 Å². The number of aromatic nitrogens is 1. The second-order valence-electron chi connectivity index (χ2n) is 4.03. The van der Waals surface area contributed by atoms with Crippen LogP contribution in [-0.2, 0) is 0 Å². The van der Waals surface area contributed by atoms with E-state index >= 15 is 0 Å². The van der Waals surface area contributed by atoms with Crippen LogP contribution in [0.2, 0.25) is 5.02 Å². The monoisotopic (exact) mass is 303 g/mol. The summed E-state index contributed by atoms with van der Waals surface area (Å²) in [4.78, 5) is 6.68. The number of pyridine rings is 1. The van der Waals surface area contributed by atoms with Gasteiger partial charge in [0.05, 0.1) is 5.02 Å². The molecule has 1 aromatic heterocycles. The minimum Gasteiger partial charge on any atom is -0.352 e. The van der Waals surface area contributed by atoms with Crippen molar-refractivity contribution in [2.24, 2.45) is 5.73 Å². The molecule has 0 bridgehead atoms. The van der Waals surface area contributed by atoms with Crippen molar-refractivity contribution in [3.63, 3.8) is 0 Å². The van der Waals surface area contributed by atoms with Gasteiger partial charge >= 0.3 is 0 Å². The zero-order chi connectivity index (χ0) is 11.5. The molecule has 2 N–H and O–H groups in total. The van der Waals surface area contributed by atoms with Crippen LogP contribution in [0.15, 0.2) is 16.7 Å². The van der Waals surface area contributed by atoms with Gasteiger partial charge in [0, 0.05) is 23.3 Å². The van der Waals surface area contributed by atoms with E-state index < -0.39 is 0 Å². The Morgan fingerprint density at radius 2 is 2.31 bits per heavy atom. The lowest BCUT2D eigenvalue weighted by molar-refractivity contribution is 0.723. The summed E-state index contributed by atoms with van der Waals surface area (Å²) in [6.45, 7) is 1.65. The third kappa shape index (κ3) is 2.87. The van der Waals surface area contributed by atoms with E-state index in [1.807, 2.05) is 6.07 Å². The maximum absolute atomic E-state index is 6.21. The van der Waals surface area contributed by atoms with Gasteiger partial charge in [0.25, 0.3) is 0 Å². The largest absolute Gasteiger partial charge is 0.352 e. The van der Waals surface area contributed by atoms with Crippen molar-refractivity contribution in [3.05, 3.63) is 21.8 Å². The number of rotatable bonds is 5. The minimum absolute atomic E-state index is 0.609. The van der Waals surface area contributed by atoms with Crippen molar-refractivity contribution >= 4 is 33.3 Å².